The van der Waals surface area contributed by atoms with Crippen molar-refractivity contribution in [3.8, 4) is 0 Å². The Labute approximate surface area is 154 Å². The van der Waals surface area contributed by atoms with Crippen LogP contribution < -0.4 is 5.32 Å². The van der Waals surface area contributed by atoms with Gasteiger partial charge in [-0.3, -0.25) is 9.59 Å². The zero-order valence-electron chi connectivity index (χ0n) is 13.5. The van der Waals surface area contributed by atoms with Gasteiger partial charge in [0.25, 0.3) is 5.91 Å². The molecule has 0 radical (unpaired) electrons. The van der Waals surface area contributed by atoms with E-state index in [1.165, 1.54) is 11.8 Å². The Morgan fingerprint density at radius 3 is 2.62 bits per heavy atom. The Hall–Kier alpha value is -1.79. The molecule has 0 heterocycles. The molecule has 0 aliphatic rings. The number of halogens is 1. The van der Waals surface area contributed by atoms with Crippen LogP contribution in [0.15, 0.2) is 51.8 Å². The van der Waals surface area contributed by atoms with Gasteiger partial charge >= 0.3 is 5.97 Å². The van der Waals surface area contributed by atoms with Gasteiger partial charge in [0.05, 0.1) is 11.4 Å². The van der Waals surface area contributed by atoms with Gasteiger partial charge in [0.1, 0.15) is 0 Å². The Kier molecular flexibility index (Phi) is 6.87. The zero-order valence-corrected chi connectivity index (χ0v) is 15.9. The molecule has 6 heteroatoms. The number of hydrogen-bond donors (Lipinski definition) is 1. The molecule has 2 rings (SSSR count). The van der Waals surface area contributed by atoms with Gasteiger partial charge < -0.3 is 10.1 Å². The maximum atomic E-state index is 11.9. The molecule has 0 aromatic heterocycles. The summed E-state index contributed by atoms with van der Waals surface area (Å²) in [5.41, 5.74) is 2.84. The van der Waals surface area contributed by atoms with Crippen LogP contribution in [0.25, 0.3) is 0 Å². The van der Waals surface area contributed by atoms with Crippen molar-refractivity contribution in [2.45, 2.75) is 18.7 Å². The molecule has 0 aliphatic heterocycles. The van der Waals surface area contributed by atoms with Crippen LogP contribution in [0, 0.1) is 13.8 Å². The molecule has 0 fully saturated rings. The van der Waals surface area contributed by atoms with Gasteiger partial charge in [0.15, 0.2) is 6.61 Å². The van der Waals surface area contributed by atoms with E-state index in [2.05, 4.69) is 21.2 Å². The topological polar surface area (TPSA) is 55.4 Å². The molecule has 24 heavy (non-hydrogen) atoms. The normalized spacial score (nSPS) is 10.3. The lowest BCUT2D eigenvalue weighted by Crippen LogP contribution is -2.21. The summed E-state index contributed by atoms with van der Waals surface area (Å²) in [5, 5.41) is 2.71. The highest BCUT2D eigenvalue weighted by atomic mass is 79.9. The van der Waals surface area contributed by atoms with E-state index in [9.17, 15) is 9.59 Å². The fourth-order valence-corrected chi connectivity index (χ4v) is 3.37. The molecule has 2 aromatic carbocycles. The number of ether oxygens (including phenoxy) is 1. The minimum absolute atomic E-state index is 0.173. The van der Waals surface area contributed by atoms with Gasteiger partial charge in [0, 0.05) is 9.37 Å². The summed E-state index contributed by atoms with van der Waals surface area (Å²) in [4.78, 5) is 24.7. The Morgan fingerprint density at radius 2 is 1.92 bits per heavy atom. The minimum atomic E-state index is -0.415. The molecule has 0 aliphatic carbocycles. The number of nitrogens with one attached hydrogen (secondary N) is 1. The van der Waals surface area contributed by atoms with Crippen molar-refractivity contribution < 1.29 is 14.3 Å². The quantitative estimate of drug-likeness (QED) is 0.571. The van der Waals surface area contributed by atoms with Gasteiger partial charge in [-0.05, 0) is 59.1 Å². The number of thioether (sulfide) groups is 1. The highest BCUT2D eigenvalue weighted by molar-refractivity contribution is 9.10. The molecule has 0 bridgehead atoms. The first-order chi connectivity index (χ1) is 11.5. The Morgan fingerprint density at radius 1 is 1.17 bits per heavy atom. The summed E-state index contributed by atoms with van der Waals surface area (Å²) < 4.78 is 5.80. The van der Waals surface area contributed by atoms with E-state index in [1.807, 2.05) is 50.2 Å². The van der Waals surface area contributed by atoms with Gasteiger partial charge in [-0.25, -0.2) is 0 Å². The van der Waals surface area contributed by atoms with Crippen molar-refractivity contribution in [1.29, 1.82) is 0 Å². The van der Waals surface area contributed by atoms with Crippen LogP contribution in [0.1, 0.15) is 11.1 Å². The van der Waals surface area contributed by atoms with E-state index in [1.54, 1.807) is 6.07 Å². The molecule has 1 N–H and O–H groups in total. The van der Waals surface area contributed by atoms with Gasteiger partial charge in [0.2, 0.25) is 0 Å². The van der Waals surface area contributed by atoms with Crippen LogP contribution in [0.5, 0.6) is 0 Å². The van der Waals surface area contributed by atoms with E-state index < -0.39 is 5.97 Å². The van der Waals surface area contributed by atoms with Crippen molar-refractivity contribution in [3.63, 3.8) is 0 Å². The standard InChI is InChI=1S/C18H18BrNO3S/c1-12-7-8-15(14(19)9-12)20-17(21)10-23-18(22)11-24-16-6-4-3-5-13(16)2/h3-9H,10-11H2,1-2H3,(H,20,21). The monoisotopic (exact) mass is 407 g/mol. The highest BCUT2D eigenvalue weighted by Crippen LogP contribution is 2.23. The molecular weight excluding hydrogens is 390 g/mol. The van der Waals surface area contributed by atoms with E-state index >= 15 is 0 Å². The van der Waals surface area contributed by atoms with Crippen molar-refractivity contribution in [2.24, 2.45) is 0 Å². The number of esters is 1. The second kappa shape index (κ2) is 8.89. The summed E-state index contributed by atoms with van der Waals surface area (Å²) in [7, 11) is 0. The van der Waals surface area contributed by atoms with E-state index in [-0.39, 0.29) is 18.3 Å². The maximum Gasteiger partial charge on any atom is 0.316 e. The lowest BCUT2D eigenvalue weighted by Gasteiger charge is -2.09. The summed E-state index contributed by atoms with van der Waals surface area (Å²) in [6.45, 7) is 3.65. The molecule has 0 saturated carbocycles. The first kappa shape index (κ1) is 18.5. The number of amides is 1. The number of hydrogen-bond acceptors (Lipinski definition) is 4. The summed E-state index contributed by atoms with van der Waals surface area (Å²) >= 11 is 4.79. The molecule has 126 valence electrons. The second-order valence-corrected chi connectivity index (χ2v) is 7.12. The summed E-state index contributed by atoms with van der Waals surface area (Å²) in [6, 6.07) is 13.4. The number of anilines is 1. The molecule has 4 nitrogen and oxygen atoms in total. The summed E-state index contributed by atoms with van der Waals surface area (Å²) in [5.74, 6) is -0.609. The SMILES string of the molecule is Cc1ccc(NC(=O)COC(=O)CSc2ccccc2C)c(Br)c1. The van der Waals surface area contributed by atoms with Gasteiger partial charge in [-0.2, -0.15) is 0 Å². The minimum Gasteiger partial charge on any atom is -0.455 e. The predicted octanol–water partition coefficient (Wildman–Crippen LogP) is 4.34. The Bertz CT molecular complexity index is 749. The smallest absolute Gasteiger partial charge is 0.316 e. The zero-order chi connectivity index (χ0) is 17.5. The third-order valence-electron chi connectivity index (χ3n) is 3.20. The van der Waals surface area contributed by atoms with Gasteiger partial charge in [-0.1, -0.05) is 24.3 Å². The average molecular weight is 408 g/mol. The molecule has 2 aromatic rings. The van der Waals surface area contributed by atoms with E-state index in [4.69, 9.17) is 4.74 Å². The number of carbonyl (C=O) groups excluding carboxylic acids is 2. The second-order valence-electron chi connectivity index (χ2n) is 5.25. The van der Waals surface area contributed by atoms with E-state index in [0.717, 1.165) is 20.5 Å². The highest BCUT2D eigenvalue weighted by Gasteiger charge is 2.10. The van der Waals surface area contributed by atoms with Crippen molar-refractivity contribution in [2.75, 3.05) is 17.7 Å². The van der Waals surface area contributed by atoms with Gasteiger partial charge in [-0.15, -0.1) is 11.8 Å². The van der Waals surface area contributed by atoms with Crippen LogP contribution in [0.4, 0.5) is 5.69 Å². The fourth-order valence-electron chi connectivity index (χ4n) is 1.95. The Balaban J connectivity index is 1.77. The first-order valence-corrected chi connectivity index (χ1v) is 9.13. The number of benzene rings is 2. The van der Waals surface area contributed by atoms with Crippen LogP contribution in [0.3, 0.4) is 0 Å². The van der Waals surface area contributed by atoms with Crippen molar-refractivity contribution in [3.05, 3.63) is 58.1 Å². The lowest BCUT2D eigenvalue weighted by atomic mass is 10.2. The van der Waals surface area contributed by atoms with Crippen LogP contribution in [0.2, 0.25) is 0 Å². The number of rotatable bonds is 6. The first-order valence-electron chi connectivity index (χ1n) is 7.36. The molecule has 0 spiro atoms. The average Bonchev–Trinajstić information content (AvgIpc) is 2.55. The number of carbonyl (C=O) groups is 2. The van der Waals surface area contributed by atoms with Crippen LogP contribution in [-0.4, -0.2) is 24.2 Å². The number of aryl methyl sites for hydroxylation is 2. The molecular formula is C18H18BrNO3S. The van der Waals surface area contributed by atoms with E-state index in [0.29, 0.717) is 5.69 Å². The molecule has 0 saturated heterocycles. The molecule has 1 amide bonds. The van der Waals surface area contributed by atoms with Crippen molar-refractivity contribution in [1.82, 2.24) is 0 Å². The molecule has 0 unspecified atom stereocenters. The fraction of sp³-hybridized carbons (Fsp3) is 0.222. The van der Waals surface area contributed by atoms with Crippen LogP contribution >= 0.6 is 27.7 Å². The van der Waals surface area contributed by atoms with Crippen LogP contribution in [-0.2, 0) is 14.3 Å². The third kappa shape index (κ3) is 5.69. The summed E-state index contributed by atoms with van der Waals surface area (Å²) in [6.07, 6.45) is 0. The third-order valence-corrected chi connectivity index (χ3v) is 5.01. The maximum absolute atomic E-state index is 11.9. The predicted molar refractivity (Wildman–Crippen MR) is 100 cm³/mol. The largest absolute Gasteiger partial charge is 0.455 e. The lowest BCUT2D eigenvalue weighted by molar-refractivity contribution is -0.144. The van der Waals surface area contributed by atoms with Crippen molar-refractivity contribution >= 4 is 45.3 Å². The molecule has 0 atom stereocenters.